The zero-order valence-electron chi connectivity index (χ0n) is 9.70. The molecule has 6 heteroatoms. The minimum absolute atomic E-state index is 0.0880. The highest BCUT2D eigenvalue weighted by atomic mass is 35.5. The van der Waals surface area contributed by atoms with E-state index in [-0.39, 0.29) is 11.3 Å². The van der Waals surface area contributed by atoms with Crippen molar-refractivity contribution >= 4 is 28.1 Å². The molecule has 0 heterocycles. The fraction of sp³-hybridized carbons (Fsp3) is 0.0769. The van der Waals surface area contributed by atoms with Crippen molar-refractivity contribution in [1.29, 1.82) is 0 Å². The number of hydrogen-bond donors (Lipinski definition) is 1. The van der Waals surface area contributed by atoms with Crippen LogP contribution in [-0.2, 0) is 16.6 Å². The van der Waals surface area contributed by atoms with E-state index in [4.69, 9.17) is 17.3 Å². The zero-order valence-corrected chi connectivity index (χ0v) is 11.3. The van der Waals surface area contributed by atoms with E-state index < -0.39 is 22.4 Å². The van der Waals surface area contributed by atoms with Crippen LogP contribution in [0.5, 0.6) is 0 Å². The predicted octanol–water partition coefficient (Wildman–Crippen LogP) is 3.51. The summed E-state index contributed by atoms with van der Waals surface area (Å²) in [5.74, 6) is -1.49. The summed E-state index contributed by atoms with van der Waals surface area (Å²) in [6, 6.07) is 7.75. The number of rotatable bonds is 3. The first-order valence-electron chi connectivity index (χ1n) is 5.34. The van der Waals surface area contributed by atoms with Gasteiger partial charge in [0.2, 0.25) is 0 Å². The molecule has 0 saturated carbocycles. The molecule has 2 aromatic rings. The average Bonchev–Trinajstić information content (AvgIpc) is 2.35. The van der Waals surface area contributed by atoms with E-state index in [1.54, 1.807) is 6.07 Å². The molecule has 2 rings (SSSR count). The number of benzene rings is 2. The minimum Gasteiger partial charge on any atom is -0.399 e. The number of anilines is 1. The van der Waals surface area contributed by atoms with Crippen LogP contribution in [0, 0.1) is 11.6 Å². The molecule has 1 atom stereocenters. The summed E-state index contributed by atoms with van der Waals surface area (Å²) in [5, 5.41) is 0.301. The summed E-state index contributed by atoms with van der Waals surface area (Å²) in [5.41, 5.74) is 6.18. The van der Waals surface area contributed by atoms with Crippen molar-refractivity contribution in [3.63, 3.8) is 0 Å². The molecule has 0 bridgehead atoms. The molecule has 19 heavy (non-hydrogen) atoms. The van der Waals surface area contributed by atoms with Crippen molar-refractivity contribution in [2.24, 2.45) is 0 Å². The van der Waals surface area contributed by atoms with E-state index in [0.29, 0.717) is 15.6 Å². The van der Waals surface area contributed by atoms with Crippen molar-refractivity contribution in [2.75, 3.05) is 5.73 Å². The highest BCUT2D eigenvalue weighted by Gasteiger charge is 2.13. The summed E-state index contributed by atoms with van der Waals surface area (Å²) in [6.07, 6.45) is 0. The van der Waals surface area contributed by atoms with Crippen LogP contribution in [0.2, 0.25) is 5.02 Å². The second-order valence-electron chi connectivity index (χ2n) is 3.92. The van der Waals surface area contributed by atoms with Crippen LogP contribution in [0.25, 0.3) is 0 Å². The van der Waals surface area contributed by atoms with Gasteiger partial charge in [-0.05, 0) is 24.3 Å². The normalized spacial score (nSPS) is 12.4. The lowest BCUT2D eigenvalue weighted by atomic mass is 10.2. The monoisotopic (exact) mass is 301 g/mol. The Hall–Kier alpha value is -1.46. The van der Waals surface area contributed by atoms with Gasteiger partial charge in [0.15, 0.2) is 0 Å². The third-order valence-electron chi connectivity index (χ3n) is 2.50. The van der Waals surface area contributed by atoms with Crippen molar-refractivity contribution in [2.45, 2.75) is 10.6 Å². The Morgan fingerprint density at radius 3 is 2.58 bits per heavy atom. The first-order valence-corrected chi connectivity index (χ1v) is 7.04. The summed E-state index contributed by atoms with van der Waals surface area (Å²) in [4.78, 5) is 0.338. The van der Waals surface area contributed by atoms with Gasteiger partial charge in [-0.15, -0.1) is 0 Å². The Bertz CT molecular complexity index is 649. The standard InChI is InChI=1S/C13H10ClF2NOS/c14-11-4-3-10(17)6-13(11)19(18)7-8-1-2-9(15)5-12(8)16/h1-6H,7,17H2. The Kier molecular flexibility index (Phi) is 4.17. The van der Waals surface area contributed by atoms with E-state index in [0.717, 1.165) is 12.1 Å². The largest absolute Gasteiger partial charge is 0.399 e. The van der Waals surface area contributed by atoms with Crippen LogP contribution >= 0.6 is 11.6 Å². The van der Waals surface area contributed by atoms with E-state index in [2.05, 4.69) is 0 Å². The second kappa shape index (κ2) is 5.67. The van der Waals surface area contributed by atoms with E-state index in [1.165, 1.54) is 18.2 Å². The molecule has 0 aliphatic rings. The summed E-state index contributed by atoms with van der Waals surface area (Å²) >= 11 is 5.92. The molecule has 0 saturated heterocycles. The Balaban J connectivity index is 2.28. The Labute approximate surface area is 116 Å². The molecular formula is C13H10ClF2NOS. The molecule has 2 nitrogen and oxygen atoms in total. The van der Waals surface area contributed by atoms with Gasteiger partial charge in [-0.3, -0.25) is 4.21 Å². The third-order valence-corrected chi connectivity index (χ3v) is 4.35. The Morgan fingerprint density at radius 2 is 1.89 bits per heavy atom. The molecule has 0 aliphatic carbocycles. The molecule has 2 aromatic carbocycles. The maximum Gasteiger partial charge on any atom is 0.130 e. The van der Waals surface area contributed by atoms with Crippen LogP contribution in [0.4, 0.5) is 14.5 Å². The summed E-state index contributed by atoms with van der Waals surface area (Å²) < 4.78 is 38.4. The fourth-order valence-electron chi connectivity index (χ4n) is 1.55. The molecule has 0 aliphatic heterocycles. The van der Waals surface area contributed by atoms with Crippen molar-refractivity contribution in [1.82, 2.24) is 0 Å². The molecule has 0 fully saturated rings. The SMILES string of the molecule is Nc1ccc(Cl)c(S(=O)Cc2ccc(F)cc2F)c1. The first kappa shape index (κ1) is 14.0. The zero-order chi connectivity index (χ0) is 14.0. The second-order valence-corrected chi connectivity index (χ2v) is 5.74. The predicted molar refractivity (Wildman–Crippen MR) is 72.3 cm³/mol. The first-order chi connectivity index (χ1) is 8.97. The molecular weight excluding hydrogens is 292 g/mol. The smallest absolute Gasteiger partial charge is 0.130 e. The topological polar surface area (TPSA) is 43.1 Å². The van der Waals surface area contributed by atoms with Gasteiger partial charge in [-0.2, -0.15) is 0 Å². The number of nitrogen functional groups attached to an aromatic ring is 1. The van der Waals surface area contributed by atoms with Crippen LogP contribution in [-0.4, -0.2) is 4.21 Å². The van der Waals surface area contributed by atoms with Gasteiger partial charge in [0.25, 0.3) is 0 Å². The van der Waals surface area contributed by atoms with Crippen molar-refractivity contribution in [3.8, 4) is 0 Å². The molecule has 0 spiro atoms. The lowest BCUT2D eigenvalue weighted by Crippen LogP contribution is -2.01. The van der Waals surface area contributed by atoms with Crippen LogP contribution < -0.4 is 5.73 Å². The molecule has 1 unspecified atom stereocenters. The minimum atomic E-state index is -1.55. The van der Waals surface area contributed by atoms with Crippen molar-refractivity contribution in [3.05, 3.63) is 58.6 Å². The molecule has 0 amide bonds. The maximum absolute atomic E-state index is 13.5. The quantitative estimate of drug-likeness (QED) is 0.882. The maximum atomic E-state index is 13.5. The lowest BCUT2D eigenvalue weighted by molar-refractivity contribution is 0.576. The summed E-state index contributed by atoms with van der Waals surface area (Å²) in [7, 11) is -1.55. The lowest BCUT2D eigenvalue weighted by Gasteiger charge is -2.07. The van der Waals surface area contributed by atoms with Gasteiger partial charge in [0.1, 0.15) is 11.6 Å². The van der Waals surface area contributed by atoms with Crippen LogP contribution in [0.1, 0.15) is 5.56 Å². The Morgan fingerprint density at radius 1 is 1.16 bits per heavy atom. The van der Waals surface area contributed by atoms with Crippen LogP contribution in [0.15, 0.2) is 41.3 Å². The van der Waals surface area contributed by atoms with Gasteiger partial charge in [-0.1, -0.05) is 17.7 Å². The molecule has 0 aromatic heterocycles. The summed E-state index contributed by atoms with van der Waals surface area (Å²) in [6.45, 7) is 0. The van der Waals surface area contributed by atoms with Crippen LogP contribution in [0.3, 0.4) is 0 Å². The average molecular weight is 302 g/mol. The fourth-order valence-corrected chi connectivity index (χ4v) is 3.15. The molecule has 100 valence electrons. The van der Waals surface area contributed by atoms with E-state index in [9.17, 15) is 13.0 Å². The number of hydrogen-bond acceptors (Lipinski definition) is 2. The number of nitrogens with two attached hydrogens (primary N) is 1. The van der Waals surface area contributed by atoms with Gasteiger partial charge < -0.3 is 5.73 Å². The van der Waals surface area contributed by atoms with Gasteiger partial charge in [0, 0.05) is 17.3 Å². The van der Waals surface area contributed by atoms with Gasteiger partial charge in [0.05, 0.1) is 26.5 Å². The number of halogens is 3. The third kappa shape index (κ3) is 3.30. The molecule has 2 N–H and O–H groups in total. The van der Waals surface area contributed by atoms with Crippen molar-refractivity contribution < 1.29 is 13.0 Å². The highest BCUT2D eigenvalue weighted by Crippen LogP contribution is 2.25. The van der Waals surface area contributed by atoms with Gasteiger partial charge in [-0.25, -0.2) is 8.78 Å². The van der Waals surface area contributed by atoms with Gasteiger partial charge >= 0.3 is 0 Å². The van der Waals surface area contributed by atoms with E-state index >= 15 is 0 Å². The molecule has 0 radical (unpaired) electrons. The highest BCUT2D eigenvalue weighted by molar-refractivity contribution is 7.84. The van der Waals surface area contributed by atoms with E-state index in [1.807, 2.05) is 0 Å².